The molecule has 0 radical (unpaired) electrons. The highest BCUT2D eigenvalue weighted by atomic mass is 16.5. The molecule has 0 saturated carbocycles. The second kappa shape index (κ2) is 9.87. The van der Waals surface area contributed by atoms with Crippen LogP contribution in [0.3, 0.4) is 0 Å². The second-order valence-corrected chi connectivity index (χ2v) is 9.51. The second-order valence-electron chi connectivity index (χ2n) is 9.51. The van der Waals surface area contributed by atoms with E-state index in [1.165, 1.54) is 27.8 Å². The molecule has 4 aromatic rings. The summed E-state index contributed by atoms with van der Waals surface area (Å²) in [6.45, 7) is 6.80. The van der Waals surface area contributed by atoms with E-state index in [-0.39, 0.29) is 10.8 Å². The van der Waals surface area contributed by atoms with Gasteiger partial charge in [-0.1, -0.05) is 74.5 Å². The summed E-state index contributed by atoms with van der Waals surface area (Å²) in [6.07, 6.45) is 0. The van der Waals surface area contributed by atoms with Gasteiger partial charge in [-0.05, 0) is 71.1 Å². The minimum absolute atomic E-state index is 0.137. The van der Waals surface area contributed by atoms with Crippen LogP contribution in [0.25, 0.3) is 0 Å². The molecule has 0 amide bonds. The summed E-state index contributed by atoms with van der Waals surface area (Å²) in [7, 11) is 5.09. The van der Waals surface area contributed by atoms with Gasteiger partial charge in [0.1, 0.15) is 17.2 Å². The van der Waals surface area contributed by atoms with E-state index in [1.807, 2.05) is 36.4 Å². The third-order valence-electron chi connectivity index (χ3n) is 7.33. The predicted molar refractivity (Wildman–Crippen MR) is 143 cm³/mol. The van der Waals surface area contributed by atoms with E-state index < -0.39 is 0 Å². The number of rotatable bonds is 8. The fourth-order valence-corrected chi connectivity index (χ4v) is 4.74. The molecule has 0 aliphatic heterocycles. The molecule has 0 N–H and O–H groups in total. The summed E-state index contributed by atoms with van der Waals surface area (Å²) in [5.74, 6) is 2.57. The van der Waals surface area contributed by atoms with E-state index in [9.17, 15) is 0 Å². The predicted octanol–water partition coefficient (Wildman–Crippen LogP) is 7.39. The highest BCUT2D eigenvalue weighted by Gasteiger charge is 2.32. The largest absolute Gasteiger partial charge is 0.497 e. The molecule has 4 rings (SSSR count). The lowest BCUT2D eigenvalue weighted by Gasteiger charge is -2.33. The molecule has 0 saturated heterocycles. The van der Waals surface area contributed by atoms with Crippen molar-refractivity contribution in [1.82, 2.24) is 0 Å². The first kappa shape index (κ1) is 24.4. The van der Waals surface area contributed by atoms with E-state index in [0.29, 0.717) is 0 Å². The van der Waals surface area contributed by atoms with E-state index in [1.54, 1.807) is 21.3 Å². The molecular weight excluding hydrogens is 432 g/mol. The summed E-state index contributed by atoms with van der Waals surface area (Å²) in [5.41, 5.74) is 5.65. The molecule has 0 fully saturated rings. The molecule has 0 aliphatic carbocycles. The Bertz CT molecular complexity index is 1190. The van der Waals surface area contributed by atoms with Gasteiger partial charge >= 0.3 is 0 Å². The summed E-state index contributed by atoms with van der Waals surface area (Å²) in [4.78, 5) is 0. The van der Waals surface area contributed by atoms with Crippen LogP contribution < -0.4 is 14.2 Å². The molecule has 4 aromatic carbocycles. The summed E-state index contributed by atoms with van der Waals surface area (Å²) in [6, 6.07) is 34.1. The lowest BCUT2D eigenvalue weighted by molar-refractivity contribution is 0.414. The molecule has 35 heavy (non-hydrogen) atoms. The van der Waals surface area contributed by atoms with Crippen molar-refractivity contribution in [1.29, 1.82) is 0 Å². The SMILES string of the molecule is COc1ccc(C(C)(C)c2ccc(C(C)(c3ccc(OC)cc3)c3ccc(OC)cc3)cc2)cc1. The van der Waals surface area contributed by atoms with Crippen molar-refractivity contribution in [3.05, 3.63) is 125 Å². The Kier molecular flexibility index (Phi) is 6.88. The van der Waals surface area contributed by atoms with E-state index in [0.717, 1.165) is 17.2 Å². The van der Waals surface area contributed by atoms with E-state index in [4.69, 9.17) is 14.2 Å². The minimum Gasteiger partial charge on any atom is -0.497 e. The zero-order valence-corrected chi connectivity index (χ0v) is 21.5. The Balaban J connectivity index is 1.77. The molecule has 0 heterocycles. The molecule has 3 nitrogen and oxygen atoms in total. The highest BCUT2D eigenvalue weighted by Crippen LogP contribution is 2.41. The van der Waals surface area contributed by atoms with Gasteiger partial charge in [0.15, 0.2) is 0 Å². The van der Waals surface area contributed by atoms with Crippen LogP contribution >= 0.6 is 0 Å². The third kappa shape index (κ3) is 4.64. The van der Waals surface area contributed by atoms with Crippen molar-refractivity contribution in [2.24, 2.45) is 0 Å². The van der Waals surface area contributed by atoms with Gasteiger partial charge in [0, 0.05) is 10.8 Å². The topological polar surface area (TPSA) is 27.7 Å². The monoisotopic (exact) mass is 466 g/mol. The fourth-order valence-electron chi connectivity index (χ4n) is 4.74. The van der Waals surface area contributed by atoms with Gasteiger partial charge in [-0.15, -0.1) is 0 Å². The Morgan fingerprint density at radius 3 is 0.886 bits per heavy atom. The van der Waals surface area contributed by atoms with Gasteiger partial charge in [-0.3, -0.25) is 0 Å². The molecule has 0 atom stereocenters. The molecule has 3 heteroatoms. The van der Waals surface area contributed by atoms with Crippen molar-refractivity contribution in [3.63, 3.8) is 0 Å². The average Bonchev–Trinajstić information content (AvgIpc) is 2.92. The number of ether oxygens (including phenoxy) is 3. The van der Waals surface area contributed by atoms with Gasteiger partial charge in [0.05, 0.1) is 21.3 Å². The first-order chi connectivity index (χ1) is 16.8. The smallest absolute Gasteiger partial charge is 0.118 e. The van der Waals surface area contributed by atoms with Crippen molar-refractivity contribution in [2.45, 2.75) is 31.6 Å². The van der Waals surface area contributed by atoms with E-state index in [2.05, 4.69) is 81.4 Å². The van der Waals surface area contributed by atoms with Crippen LogP contribution in [0.2, 0.25) is 0 Å². The molecule has 0 aliphatic rings. The van der Waals surface area contributed by atoms with Gasteiger partial charge in [0.25, 0.3) is 0 Å². The van der Waals surface area contributed by atoms with Crippen LogP contribution in [0.15, 0.2) is 97.1 Å². The summed E-state index contributed by atoms with van der Waals surface area (Å²) in [5, 5.41) is 0. The maximum atomic E-state index is 5.41. The van der Waals surface area contributed by atoms with Gasteiger partial charge in [-0.25, -0.2) is 0 Å². The Hall–Kier alpha value is -3.72. The molecule has 0 spiro atoms. The normalized spacial score (nSPS) is 11.7. The van der Waals surface area contributed by atoms with Crippen LogP contribution in [0.5, 0.6) is 17.2 Å². The summed E-state index contributed by atoms with van der Waals surface area (Å²) < 4.78 is 16.2. The zero-order valence-electron chi connectivity index (χ0n) is 21.5. The lowest BCUT2D eigenvalue weighted by Crippen LogP contribution is -2.26. The Morgan fingerprint density at radius 2 is 0.600 bits per heavy atom. The number of methoxy groups -OCH3 is 3. The van der Waals surface area contributed by atoms with Crippen molar-refractivity contribution < 1.29 is 14.2 Å². The summed E-state index contributed by atoms with van der Waals surface area (Å²) >= 11 is 0. The maximum absolute atomic E-state index is 5.41. The molecule has 0 unspecified atom stereocenters. The van der Waals surface area contributed by atoms with Crippen molar-refractivity contribution in [3.8, 4) is 17.2 Å². The standard InChI is InChI=1S/C32H34O3/c1-31(2,24-11-17-28(33-4)18-12-24)23-7-9-25(10-8-23)32(3,26-13-19-29(34-5)20-14-26)27-15-21-30(35-6)22-16-27/h7-22H,1-6H3. The Labute approximate surface area is 209 Å². The number of benzene rings is 4. The molecule has 0 bridgehead atoms. The third-order valence-corrected chi connectivity index (χ3v) is 7.33. The molecule has 0 aromatic heterocycles. The minimum atomic E-state index is -0.346. The van der Waals surface area contributed by atoms with Crippen LogP contribution in [0.1, 0.15) is 48.6 Å². The highest BCUT2D eigenvalue weighted by molar-refractivity contribution is 5.52. The van der Waals surface area contributed by atoms with Crippen LogP contribution in [0, 0.1) is 0 Å². The number of hydrogen-bond donors (Lipinski definition) is 0. The zero-order chi connectivity index (χ0) is 25.1. The maximum Gasteiger partial charge on any atom is 0.118 e. The van der Waals surface area contributed by atoms with Crippen LogP contribution in [-0.2, 0) is 10.8 Å². The van der Waals surface area contributed by atoms with E-state index >= 15 is 0 Å². The van der Waals surface area contributed by atoms with Gasteiger partial charge < -0.3 is 14.2 Å². The first-order valence-corrected chi connectivity index (χ1v) is 11.9. The first-order valence-electron chi connectivity index (χ1n) is 11.9. The number of hydrogen-bond acceptors (Lipinski definition) is 3. The average molecular weight is 467 g/mol. The quantitative estimate of drug-likeness (QED) is 0.253. The van der Waals surface area contributed by atoms with Gasteiger partial charge in [0.2, 0.25) is 0 Å². The lowest BCUT2D eigenvalue weighted by atomic mass is 9.70. The Morgan fingerprint density at radius 1 is 0.371 bits per heavy atom. The van der Waals surface area contributed by atoms with Crippen molar-refractivity contribution in [2.75, 3.05) is 21.3 Å². The van der Waals surface area contributed by atoms with Crippen LogP contribution in [-0.4, -0.2) is 21.3 Å². The fraction of sp³-hybridized carbons (Fsp3) is 0.250. The molecule has 180 valence electrons. The molecular formula is C32H34O3. The van der Waals surface area contributed by atoms with Crippen LogP contribution in [0.4, 0.5) is 0 Å². The van der Waals surface area contributed by atoms with Crippen molar-refractivity contribution >= 4 is 0 Å². The van der Waals surface area contributed by atoms with Gasteiger partial charge in [-0.2, -0.15) is 0 Å².